The molecule has 0 aliphatic heterocycles. The van der Waals surface area contributed by atoms with Crippen LogP contribution in [0.1, 0.15) is 26.3 Å². The minimum Gasteiger partial charge on any atom is -0.322 e. The normalized spacial score (nSPS) is 10.3. The third-order valence-electron chi connectivity index (χ3n) is 3.96. The average molecular weight is 383 g/mol. The van der Waals surface area contributed by atoms with Gasteiger partial charge in [-0.05, 0) is 55.0 Å². The van der Waals surface area contributed by atoms with E-state index in [0.29, 0.717) is 22.5 Å². The number of carbonyl (C=O) groups excluding carboxylic acids is 2. The fraction of sp³-hybridized carbons (Fsp3) is 0.0476. The number of para-hydroxylation sites is 1. The lowest BCUT2D eigenvalue weighted by Crippen LogP contribution is -2.16. The first-order chi connectivity index (χ1) is 12.9. The number of halogens is 2. The second-order valence-electron chi connectivity index (χ2n) is 5.93. The van der Waals surface area contributed by atoms with E-state index in [1.54, 1.807) is 18.2 Å². The van der Waals surface area contributed by atoms with Crippen molar-refractivity contribution in [3.8, 4) is 0 Å². The van der Waals surface area contributed by atoms with Crippen LogP contribution in [0.15, 0.2) is 66.7 Å². The van der Waals surface area contributed by atoms with Crippen molar-refractivity contribution in [1.29, 1.82) is 0 Å². The van der Waals surface area contributed by atoms with E-state index < -0.39 is 11.7 Å². The molecule has 136 valence electrons. The Hall–Kier alpha value is -3.18. The number of anilines is 2. The Morgan fingerprint density at radius 3 is 2.19 bits per heavy atom. The molecule has 0 radical (unpaired) electrons. The summed E-state index contributed by atoms with van der Waals surface area (Å²) in [4.78, 5) is 24.9. The van der Waals surface area contributed by atoms with Gasteiger partial charge in [-0.2, -0.15) is 0 Å². The molecule has 2 amide bonds. The molecule has 0 aliphatic rings. The average Bonchev–Trinajstić information content (AvgIpc) is 2.66. The molecule has 0 heterocycles. The van der Waals surface area contributed by atoms with Crippen molar-refractivity contribution < 1.29 is 14.0 Å². The third-order valence-corrected chi connectivity index (χ3v) is 4.25. The van der Waals surface area contributed by atoms with E-state index in [9.17, 15) is 14.0 Å². The summed E-state index contributed by atoms with van der Waals surface area (Å²) in [5.41, 5.74) is 2.66. The van der Waals surface area contributed by atoms with Crippen molar-refractivity contribution in [2.24, 2.45) is 0 Å². The highest BCUT2D eigenvalue weighted by molar-refractivity contribution is 6.31. The van der Waals surface area contributed by atoms with Gasteiger partial charge in [0.05, 0.1) is 5.02 Å². The summed E-state index contributed by atoms with van der Waals surface area (Å²) in [6.07, 6.45) is 0. The van der Waals surface area contributed by atoms with Crippen LogP contribution in [0.3, 0.4) is 0 Å². The van der Waals surface area contributed by atoms with Crippen molar-refractivity contribution in [2.45, 2.75) is 6.92 Å². The monoisotopic (exact) mass is 382 g/mol. The van der Waals surface area contributed by atoms with E-state index in [0.717, 1.165) is 5.56 Å². The summed E-state index contributed by atoms with van der Waals surface area (Å²) in [7, 11) is 0. The van der Waals surface area contributed by atoms with E-state index >= 15 is 0 Å². The van der Waals surface area contributed by atoms with Crippen molar-refractivity contribution in [3.63, 3.8) is 0 Å². The number of rotatable bonds is 4. The Kier molecular flexibility index (Phi) is 5.52. The fourth-order valence-electron chi connectivity index (χ4n) is 2.49. The highest BCUT2D eigenvalue weighted by atomic mass is 35.5. The molecule has 27 heavy (non-hydrogen) atoms. The molecule has 0 saturated carbocycles. The lowest BCUT2D eigenvalue weighted by atomic mass is 10.1. The number of nitrogens with one attached hydrogen (secondary N) is 2. The molecule has 0 saturated heterocycles. The summed E-state index contributed by atoms with van der Waals surface area (Å²) in [5.74, 6) is -1.31. The summed E-state index contributed by atoms with van der Waals surface area (Å²) in [6, 6.07) is 17.7. The van der Waals surface area contributed by atoms with Crippen LogP contribution in [0.4, 0.5) is 15.8 Å². The number of benzene rings is 3. The van der Waals surface area contributed by atoms with Crippen molar-refractivity contribution in [3.05, 3.63) is 94.3 Å². The molecule has 3 aromatic rings. The van der Waals surface area contributed by atoms with Gasteiger partial charge in [0.2, 0.25) is 0 Å². The predicted octanol–water partition coefficient (Wildman–Crippen LogP) is 5.29. The Balaban J connectivity index is 1.76. The first-order valence-corrected chi connectivity index (χ1v) is 8.55. The van der Waals surface area contributed by atoms with Gasteiger partial charge < -0.3 is 10.6 Å². The lowest BCUT2D eigenvalue weighted by molar-refractivity contribution is 0.102. The van der Waals surface area contributed by atoms with Crippen LogP contribution in [0.2, 0.25) is 5.02 Å². The number of hydrogen-bond acceptors (Lipinski definition) is 2. The number of amides is 2. The maximum absolute atomic E-state index is 13.2. The van der Waals surface area contributed by atoms with E-state index in [4.69, 9.17) is 11.6 Å². The Morgan fingerprint density at radius 1 is 0.852 bits per heavy atom. The van der Waals surface area contributed by atoms with Gasteiger partial charge >= 0.3 is 0 Å². The second kappa shape index (κ2) is 8.01. The molecule has 4 nitrogen and oxygen atoms in total. The molecule has 0 aliphatic carbocycles. The quantitative estimate of drug-likeness (QED) is 0.644. The van der Waals surface area contributed by atoms with Crippen LogP contribution in [0, 0.1) is 12.7 Å². The van der Waals surface area contributed by atoms with Gasteiger partial charge in [-0.25, -0.2) is 4.39 Å². The van der Waals surface area contributed by atoms with Crippen LogP contribution in [-0.2, 0) is 0 Å². The van der Waals surface area contributed by atoms with Crippen molar-refractivity contribution in [2.75, 3.05) is 10.6 Å². The third kappa shape index (κ3) is 4.51. The Morgan fingerprint density at radius 2 is 1.52 bits per heavy atom. The molecule has 2 N–H and O–H groups in total. The van der Waals surface area contributed by atoms with Gasteiger partial charge in [0.1, 0.15) is 5.82 Å². The molecule has 3 aromatic carbocycles. The van der Waals surface area contributed by atoms with E-state index in [1.807, 2.05) is 31.2 Å². The highest BCUT2D eigenvalue weighted by Gasteiger charge is 2.12. The van der Waals surface area contributed by atoms with E-state index in [-0.39, 0.29) is 10.9 Å². The summed E-state index contributed by atoms with van der Waals surface area (Å²) in [5, 5.41) is 5.37. The van der Waals surface area contributed by atoms with Gasteiger partial charge in [-0.3, -0.25) is 9.59 Å². The van der Waals surface area contributed by atoms with Crippen LogP contribution >= 0.6 is 11.6 Å². The van der Waals surface area contributed by atoms with Gasteiger partial charge in [-0.1, -0.05) is 35.9 Å². The zero-order chi connectivity index (χ0) is 19.4. The summed E-state index contributed by atoms with van der Waals surface area (Å²) < 4.78 is 13.2. The molecule has 0 unspecified atom stereocenters. The second-order valence-corrected chi connectivity index (χ2v) is 6.34. The standard InChI is InChI=1S/C21H16ClFN2O2/c1-13-5-2-3-8-19(13)25-21(27)15-7-4-6-14(11-15)20(26)24-16-9-10-18(23)17(22)12-16/h2-12H,1H3,(H,24,26)(H,25,27). The molecule has 0 fully saturated rings. The molecule has 0 bridgehead atoms. The summed E-state index contributed by atoms with van der Waals surface area (Å²) in [6.45, 7) is 1.90. The fourth-order valence-corrected chi connectivity index (χ4v) is 2.67. The maximum Gasteiger partial charge on any atom is 0.255 e. The first kappa shape index (κ1) is 18.6. The largest absolute Gasteiger partial charge is 0.322 e. The topological polar surface area (TPSA) is 58.2 Å². The minimum absolute atomic E-state index is 0.0841. The van der Waals surface area contributed by atoms with Crippen molar-refractivity contribution in [1.82, 2.24) is 0 Å². The Bertz CT molecular complexity index is 1020. The summed E-state index contributed by atoms with van der Waals surface area (Å²) >= 11 is 5.72. The van der Waals surface area contributed by atoms with Gasteiger partial charge in [-0.15, -0.1) is 0 Å². The van der Waals surface area contributed by atoms with Crippen molar-refractivity contribution >= 4 is 34.8 Å². The lowest BCUT2D eigenvalue weighted by Gasteiger charge is -2.10. The van der Waals surface area contributed by atoms with E-state index in [1.165, 1.54) is 24.3 Å². The minimum atomic E-state index is -0.565. The molecule has 3 rings (SSSR count). The molecule has 0 aromatic heterocycles. The molecule has 0 spiro atoms. The highest BCUT2D eigenvalue weighted by Crippen LogP contribution is 2.20. The number of carbonyl (C=O) groups is 2. The molecular weight excluding hydrogens is 367 g/mol. The van der Waals surface area contributed by atoms with E-state index in [2.05, 4.69) is 10.6 Å². The number of aryl methyl sites for hydroxylation is 1. The molecule has 6 heteroatoms. The first-order valence-electron chi connectivity index (χ1n) is 8.17. The predicted molar refractivity (Wildman–Crippen MR) is 105 cm³/mol. The zero-order valence-corrected chi connectivity index (χ0v) is 15.2. The van der Waals surface area contributed by atoms with Crippen LogP contribution in [0.5, 0.6) is 0 Å². The van der Waals surface area contributed by atoms with Crippen LogP contribution in [0.25, 0.3) is 0 Å². The Labute approximate surface area is 161 Å². The van der Waals surface area contributed by atoms with Crippen LogP contribution in [-0.4, -0.2) is 11.8 Å². The smallest absolute Gasteiger partial charge is 0.255 e. The SMILES string of the molecule is Cc1ccccc1NC(=O)c1cccc(C(=O)Nc2ccc(F)c(Cl)c2)c1. The van der Waals surface area contributed by atoms with Crippen LogP contribution < -0.4 is 10.6 Å². The maximum atomic E-state index is 13.2. The molecular formula is C21H16ClFN2O2. The number of hydrogen-bond donors (Lipinski definition) is 2. The zero-order valence-electron chi connectivity index (χ0n) is 14.4. The van der Waals surface area contributed by atoms with Gasteiger partial charge in [0, 0.05) is 22.5 Å². The van der Waals surface area contributed by atoms with Gasteiger partial charge in [0.25, 0.3) is 11.8 Å². The molecule has 0 atom stereocenters. The van der Waals surface area contributed by atoms with Gasteiger partial charge in [0.15, 0.2) is 0 Å².